The normalized spacial score (nSPS) is 10.3. The highest BCUT2D eigenvalue weighted by Crippen LogP contribution is 2.26. The van der Waals surface area contributed by atoms with Crippen LogP contribution < -0.4 is 4.74 Å². The maximum atomic E-state index is 11.1. The minimum Gasteiger partial charge on any atom is -0.497 e. The van der Waals surface area contributed by atoms with E-state index in [-0.39, 0.29) is 0 Å². The lowest BCUT2D eigenvalue weighted by atomic mass is 10.1. The molecule has 4 heteroatoms. The Morgan fingerprint density at radius 2 is 1.90 bits per heavy atom. The molecule has 0 spiro atoms. The molecule has 20 heavy (non-hydrogen) atoms. The highest BCUT2D eigenvalue weighted by molar-refractivity contribution is 7.98. The van der Waals surface area contributed by atoms with E-state index in [1.807, 2.05) is 36.4 Å². The van der Waals surface area contributed by atoms with E-state index in [0.29, 0.717) is 5.56 Å². The third kappa shape index (κ3) is 3.54. The monoisotopic (exact) mass is 288 g/mol. The summed E-state index contributed by atoms with van der Waals surface area (Å²) in [6, 6.07) is 13.4. The van der Waals surface area contributed by atoms with Crippen LogP contribution in [0.5, 0.6) is 5.75 Å². The standard InChI is InChI=1S/C16H16O3S/c1-11-3-8-14(9-15(11)16(17)18)20-10-12-4-6-13(19-2)7-5-12/h3-9H,10H2,1-2H3,(H,17,18). The Hall–Kier alpha value is -1.94. The second-order valence-electron chi connectivity index (χ2n) is 4.42. The molecule has 0 atom stereocenters. The fraction of sp³-hybridized carbons (Fsp3) is 0.188. The molecular weight excluding hydrogens is 272 g/mol. The predicted octanol–water partition coefficient (Wildman–Crippen LogP) is 3.99. The minimum atomic E-state index is -0.880. The zero-order valence-electron chi connectivity index (χ0n) is 11.4. The Bertz CT molecular complexity index is 606. The van der Waals surface area contributed by atoms with Crippen LogP contribution in [0.1, 0.15) is 21.5 Å². The summed E-state index contributed by atoms with van der Waals surface area (Å²) >= 11 is 1.62. The number of methoxy groups -OCH3 is 1. The molecule has 0 saturated heterocycles. The van der Waals surface area contributed by atoms with Crippen LogP contribution in [0.2, 0.25) is 0 Å². The van der Waals surface area contributed by atoms with E-state index in [0.717, 1.165) is 22.0 Å². The second-order valence-corrected chi connectivity index (χ2v) is 5.47. The van der Waals surface area contributed by atoms with Crippen molar-refractivity contribution < 1.29 is 14.6 Å². The number of hydrogen-bond acceptors (Lipinski definition) is 3. The van der Waals surface area contributed by atoms with Crippen LogP contribution >= 0.6 is 11.8 Å². The molecule has 0 fully saturated rings. The third-order valence-electron chi connectivity index (χ3n) is 3.00. The molecule has 0 aromatic heterocycles. The first-order valence-corrected chi connectivity index (χ1v) is 7.18. The minimum absolute atomic E-state index is 0.365. The Morgan fingerprint density at radius 1 is 1.20 bits per heavy atom. The smallest absolute Gasteiger partial charge is 0.335 e. The van der Waals surface area contributed by atoms with Gasteiger partial charge in [0.25, 0.3) is 0 Å². The Labute approximate surface area is 122 Å². The summed E-state index contributed by atoms with van der Waals surface area (Å²) in [7, 11) is 1.64. The molecular formula is C16H16O3S. The number of carboxylic acids is 1. The molecule has 2 aromatic carbocycles. The van der Waals surface area contributed by atoms with Crippen molar-refractivity contribution >= 4 is 17.7 Å². The van der Waals surface area contributed by atoms with Crippen LogP contribution in [0.3, 0.4) is 0 Å². The van der Waals surface area contributed by atoms with Gasteiger partial charge in [-0.3, -0.25) is 0 Å². The molecule has 0 aliphatic heterocycles. The number of ether oxygens (including phenoxy) is 1. The summed E-state index contributed by atoms with van der Waals surface area (Å²) in [6.07, 6.45) is 0. The van der Waals surface area contributed by atoms with Crippen molar-refractivity contribution in [3.05, 3.63) is 59.2 Å². The summed E-state index contributed by atoms with van der Waals surface area (Å²) in [5, 5.41) is 9.11. The SMILES string of the molecule is COc1ccc(CSc2ccc(C)c(C(=O)O)c2)cc1. The molecule has 0 amide bonds. The van der Waals surface area contributed by atoms with Gasteiger partial charge >= 0.3 is 5.97 Å². The zero-order chi connectivity index (χ0) is 14.5. The summed E-state index contributed by atoms with van der Waals surface area (Å²) in [4.78, 5) is 12.1. The maximum absolute atomic E-state index is 11.1. The average molecular weight is 288 g/mol. The van der Waals surface area contributed by atoms with E-state index in [1.165, 1.54) is 5.56 Å². The van der Waals surface area contributed by atoms with Crippen molar-refractivity contribution in [3.63, 3.8) is 0 Å². The lowest BCUT2D eigenvalue weighted by molar-refractivity contribution is 0.0696. The lowest BCUT2D eigenvalue weighted by Gasteiger charge is -2.06. The summed E-state index contributed by atoms with van der Waals surface area (Å²) in [6.45, 7) is 1.81. The molecule has 2 aromatic rings. The second kappa shape index (κ2) is 6.48. The van der Waals surface area contributed by atoms with Gasteiger partial charge in [0, 0.05) is 10.6 Å². The average Bonchev–Trinajstić information content (AvgIpc) is 2.46. The number of hydrogen-bond donors (Lipinski definition) is 1. The van der Waals surface area contributed by atoms with Crippen molar-refractivity contribution in [2.75, 3.05) is 7.11 Å². The first-order valence-electron chi connectivity index (χ1n) is 6.20. The molecule has 3 nitrogen and oxygen atoms in total. The van der Waals surface area contributed by atoms with Crippen LogP contribution in [0.15, 0.2) is 47.4 Å². The molecule has 0 heterocycles. The topological polar surface area (TPSA) is 46.5 Å². The molecule has 2 rings (SSSR count). The maximum Gasteiger partial charge on any atom is 0.335 e. The van der Waals surface area contributed by atoms with Crippen molar-refractivity contribution in [1.82, 2.24) is 0 Å². The molecule has 0 bridgehead atoms. The van der Waals surface area contributed by atoms with E-state index in [2.05, 4.69) is 0 Å². The number of carboxylic acid groups (broad SMARTS) is 1. The number of aromatic carboxylic acids is 1. The highest BCUT2D eigenvalue weighted by Gasteiger charge is 2.08. The first kappa shape index (κ1) is 14.5. The molecule has 0 radical (unpaired) electrons. The summed E-state index contributed by atoms with van der Waals surface area (Å²) < 4.78 is 5.12. The number of aryl methyl sites for hydroxylation is 1. The van der Waals surface area contributed by atoms with Gasteiger partial charge in [-0.05, 0) is 42.3 Å². The number of carbonyl (C=O) groups is 1. The van der Waals surface area contributed by atoms with Crippen LogP contribution in [0.4, 0.5) is 0 Å². The molecule has 1 N–H and O–H groups in total. The summed E-state index contributed by atoms with van der Waals surface area (Å²) in [5.74, 6) is 0.753. The Balaban J connectivity index is 2.06. The van der Waals surface area contributed by atoms with Gasteiger partial charge in [-0.2, -0.15) is 0 Å². The molecule has 0 aliphatic carbocycles. The zero-order valence-corrected chi connectivity index (χ0v) is 12.2. The van der Waals surface area contributed by atoms with Crippen molar-refractivity contribution in [3.8, 4) is 5.75 Å². The van der Waals surface area contributed by atoms with Gasteiger partial charge in [0.2, 0.25) is 0 Å². The van der Waals surface area contributed by atoms with E-state index < -0.39 is 5.97 Å². The molecule has 0 aliphatic rings. The number of thioether (sulfide) groups is 1. The third-order valence-corrected chi connectivity index (χ3v) is 4.07. The molecule has 0 unspecified atom stereocenters. The Kier molecular flexibility index (Phi) is 4.69. The van der Waals surface area contributed by atoms with E-state index in [1.54, 1.807) is 31.9 Å². The summed E-state index contributed by atoms with van der Waals surface area (Å²) in [5.41, 5.74) is 2.32. The van der Waals surface area contributed by atoms with Gasteiger partial charge in [-0.15, -0.1) is 11.8 Å². The van der Waals surface area contributed by atoms with Gasteiger partial charge in [0.1, 0.15) is 5.75 Å². The predicted molar refractivity (Wildman–Crippen MR) is 80.7 cm³/mol. The van der Waals surface area contributed by atoms with Crippen molar-refractivity contribution in [2.45, 2.75) is 17.6 Å². The van der Waals surface area contributed by atoms with Crippen LogP contribution in [0.25, 0.3) is 0 Å². The fourth-order valence-corrected chi connectivity index (χ4v) is 2.70. The van der Waals surface area contributed by atoms with Gasteiger partial charge < -0.3 is 9.84 Å². The molecule has 0 saturated carbocycles. The first-order chi connectivity index (χ1) is 9.60. The fourth-order valence-electron chi connectivity index (χ4n) is 1.81. The van der Waals surface area contributed by atoms with Crippen molar-refractivity contribution in [2.24, 2.45) is 0 Å². The Morgan fingerprint density at radius 3 is 2.50 bits per heavy atom. The van der Waals surface area contributed by atoms with E-state index in [4.69, 9.17) is 9.84 Å². The van der Waals surface area contributed by atoms with Crippen LogP contribution in [-0.2, 0) is 5.75 Å². The van der Waals surface area contributed by atoms with E-state index in [9.17, 15) is 4.79 Å². The quantitative estimate of drug-likeness (QED) is 0.845. The van der Waals surface area contributed by atoms with E-state index >= 15 is 0 Å². The van der Waals surface area contributed by atoms with Gasteiger partial charge in [-0.1, -0.05) is 18.2 Å². The van der Waals surface area contributed by atoms with Crippen LogP contribution in [0, 0.1) is 6.92 Å². The van der Waals surface area contributed by atoms with Gasteiger partial charge in [0.05, 0.1) is 12.7 Å². The van der Waals surface area contributed by atoms with Gasteiger partial charge in [0.15, 0.2) is 0 Å². The van der Waals surface area contributed by atoms with Crippen molar-refractivity contribution in [1.29, 1.82) is 0 Å². The number of rotatable bonds is 5. The largest absolute Gasteiger partial charge is 0.497 e. The lowest BCUT2D eigenvalue weighted by Crippen LogP contribution is -1.99. The van der Waals surface area contributed by atoms with Gasteiger partial charge in [-0.25, -0.2) is 4.79 Å². The molecule has 104 valence electrons. The number of benzene rings is 2. The van der Waals surface area contributed by atoms with Crippen LogP contribution in [-0.4, -0.2) is 18.2 Å². The highest BCUT2D eigenvalue weighted by atomic mass is 32.2.